The zero-order valence-electron chi connectivity index (χ0n) is 14.1. The molecule has 6 heteroatoms. The molecule has 1 fully saturated rings. The van der Waals surface area contributed by atoms with Gasteiger partial charge in [0.05, 0.1) is 13.2 Å². The molecule has 1 saturated heterocycles. The van der Waals surface area contributed by atoms with E-state index in [1.54, 1.807) is 17.5 Å². The van der Waals surface area contributed by atoms with E-state index in [2.05, 4.69) is 16.5 Å². The van der Waals surface area contributed by atoms with Gasteiger partial charge in [0.25, 0.3) is 0 Å². The summed E-state index contributed by atoms with van der Waals surface area (Å²) in [6, 6.07) is 6.18. The molecule has 0 spiro atoms. The smallest absolute Gasteiger partial charge is 0.225 e. The molecule has 0 saturated carbocycles. The normalized spacial score (nSPS) is 17.2. The highest BCUT2D eigenvalue weighted by molar-refractivity contribution is 7.09. The Balaban J connectivity index is 1.54. The lowest BCUT2D eigenvalue weighted by Crippen LogP contribution is -2.41. The molecular weight excluding hydrogens is 322 g/mol. The van der Waals surface area contributed by atoms with Gasteiger partial charge in [-0.25, -0.2) is 0 Å². The van der Waals surface area contributed by atoms with Gasteiger partial charge < -0.3 is 10.0 Å². The van der Waals surface area contributed by atoms with Crippen LogP contribution in [0.2, 0.25) is 0 Å². The Morgan fingerprint density at radius 2 is 2.21 bits per heavy atom. The Kier molecular flexibility index (Phi) is 5.68. The molecule has 0 radical (unpaired) electrons. The van der Waals surface area contributed by atoms with Crippen LogP contribution in [0.4, 0.5) is 0 Å². The second kappa shape index (κ2) is 7.94. The van der Waals surface area contributed by atoms with Crippen molar-refractivity contribution in [1.82, 2.24) is 14.7 Å². The third kappa shape index (κ3) is 3.87. The highest BCUT2D eigenvalue weighted by Crippen LogP contribution is 2.29. The average Bonchev–Trinajstić information content (AvgIpc) is 3.26. The van der Waals surface area contributed by atoms with E-state index in [4.69, 9.17) is 5.11 Å². The number of aliphatic hydroxyl groups excluding tert-OH is 1. The number of rotatable bonds is 6. The maximum absolute atomic E-state index is 12.7. The minimum absolute atomic E-state index is 0.0418. The number of thiophene rings is 1. The number of piperidine rings is 1. The molecule has 24 heavy (non-hydrogen) atoms. The van der Waals surface area contributed by atoms with Crippen molar-refractivity contribution in [3.63, 3.8) is 0 Å². The van der Waals surface area contributed by atoms with Crippen LogP contribution in [0.15, 0.2) is 29.8 Å². The molecule has 0 aromatic carbocycles. The van der Waals surface area contributed by atoms with E-state index in [-0.39, 0.29) is 18.4 Å². The Bertz CT molecular complexity index is 645. The molecule has 130 valence electrons. The Labute approximate surface area is 146 Å². The first-order valence-corrected chi connectivity index (χ1v) is 9.50. The van der Waals surface area contributed by atoms with E-state index in [1.165, 1.54) is 10.6 Å². The summed E-state index contributed by atoms with van der Waals surface area (Å²) in [6.07, 6.45) is 4.56. The lowest BCUT2D eigenvalue weighted by atomic mass is 9.92. The van der Waals surface area contributed by atoms with Gasteiger partial charge in [-0.1, -0.05) is 13.0 Å². The van der Waals surface area contributed by atoms with Gasteiger partial charge in [0.1, 0.15) is 0 Å². The Morgan fingerprint density at radius 3 is 2.88 bits per heavy atom. The number of aromatic nitrogens is 2. The number of likely N-dealkylation sites (tertiary alicyclic amines) is 1. The second-order valence-corrected chi connectivity index (χ2v) is 7.52. The standard InChI is InChI=1S/C18H25N3O2S/c1-14(13-16-3-2-12-24-16)18(23)20-8-5-15(6-9-20)17-4-7-19-21(17)10-11-22/h2-4,7,12,14-15,22H,5-6,8-11,13H2,1H3. The number of nitrogens with zero attached hydrogens (tertiary/aromatic N) is 3. The lowest BCUT2D eigenvalue weighted by molar-refractivity contribution is -0.136. The quantitative estimate of drug-likeness (QED) is 0.873. The summed E-state index contributed by atoms with van der Waals surface area (Å²) in [4.78, 5) is 16.0. The fourth-order valence-corrected chi connectivity index (χ4v) is 4.33. The van der Waals surface area contributed by atoms with Crippen LogP contribution in [-0.2, 0) is 17.8 Å². The summed E-state index contributed by atoms with van der Waals surface area (Å²) in [5, 5.41) is 15.5. The second-order valence-electron chi connectivity index (χ2n) is 6.49. The minimum Gasteiger partial charge on any atom is -0.394 e. The average molecular weight is 347 g/mol. The summed E-state index contributed by atoms with van der Waals surface area (Å²) in [7, 11) is 0. The van der Waals surface area contributed by atoms with E-state index in [0.717, 1.165) is 32.4 Å². The first kappa shape index (κ1) is 17.2. The maximum Gasteiger partial charge on any atom is 0.225 e. The van der Waals surface area contributed by atoms with E-state index in [1.807, 2.05) is 28.6 Å². The summed E-state index contributed by atoms with van der Waals surface area (Å²) in [5.74, 6) is 0.738. The molecule has 1 N–H and O–H groups in total. The molecule has 1 atom stereocenters. The van der Waals surface area contributed by atoms with E-state index < -0.39 is 0 Å². The summed E-state index contributed by atoms with van der Waals surface area (Å²) < 4.78 is 1.89. The Morgan fingerprint density at radius 1 is 1.42 bits per heavy atom. The van der Waals surface area contributed by atoms with Crippen LogP contribution in [0, 0.1) is 5.92 Å². The number of amides is 1. The van der Waals surface area contributed by atoms with Gasteiger partial charge in [0.2, 0.25) is 5.91 Å². The molecule has 5 nitrogen and oxygen atoms in total. The number of hydrogen-bond donors (Lipinski definition) is 1. The van der Waals surface area contributed by atoms with Crippen LogP contribution in [0.3, 0.4) is 0 Å². The van der Waals surface area contributed by atoms with Gasteiger partial charge in [-0.2, -0.15) is 5.10 Å². The molecule has 2 aromatic rings. The van der Waals surface area contributed by atoms with Crippen LogP contribution in [0.25, 0.3) is 0 Å². The third-order valence-electron chi connectivity index (χ3n) is 4.80. The minimum atomic E-state index is 0.0418. The van der Waals surface area contributed by atoms with Crippen LogP contribution in [0.1, 0.15) is 36.3 Å². The molecule has 2 aromatic heterocycles. The van der Waals surface area contributed by atoms with Crippen molar-refractivity contribution in [2.24, 2.45) is 5.92 Å². The van der Waals surface area contributed by atoms with E-state index in [0.29, 0.717) is 12.5 Å². The molecule has 1 aliphatic rings. The molecule has 0 aliphatic carbocycles. The third-order valence-corrected chi connectivity index (χ3v) is 5.69. The van der Waals surface area contributed by atoms with Crippen LogP contribution in [0.5, 0.6) is 0 Å². The number of carbonyl (C=O) groups is 1. The van der Waals surface area contributed by atoms with Crippen molar-refractivity contribution in [2.45, 2.75) is 38.6 Å². The largest absolute Gasteiger partial charge is 0.394 e. The molecule has 1 amide bonds. The highest BCUT2D eigenvalue weighted by atomic mass is 32.1. The molecular formula is C18H25N3O2S. The Hall–Kier alpha value is -1.66. The van der Waals surface area contributed by atoms with Crippen molar-refractivity contribution < 1.29 is 9.90 Å². The van der Waals surface area contributed by atoms with Crippen molar-refractivity contribution in [2.75, 3.05) is 19.7 Å². The van der Waals surface area contributed by atoms with Gasteiger partial charge in [-0.05, 0) is 36.8 Å². The lowest BCUT2D eigenvalue weighted by Gasteiger charge is -2.33. The van der Waals surface area contributed by atoms with Crippen LogP contribution < -0.4 is 0 Å². The number of carbonyl (C=O) groups excluding carboxylic acids is 1. The molecule has 3 heterocycles. The van der Waals surface area contributed by atoms with Crippen LogP contribution in [-0.4, -0.2) is 45.4 Å². The summed E-state index contributed by atoms with van der Waals surface area (Å²) in [5.41, 5.74) is 1.18. The monoisotopic (exact) mass is 347 g/mol. The molecule has 1 unspecified atom stereocenters. The van der Waals surface area contributed by atoms with Crippen molar-refractivity contribution in [3.05, 3.63) is 40.3 Å². The molecule has 1 aliphatic heterocycles. The van der Waals surface area contributed by atoms with Gasteiger partial charge in [-0.15, -0.1) is 11.3 Å². The van der Waals surface area contributed by atoms with Crippen molar-refractivity contribution >= 4 is 17.2 Å². The predicted octanol–water partition coefficient (Wildman–Crippen LogP) is 2.52. The van der Waals surface area contributed by atoms with Crippen LogP contribution >= 0.6 is 11.3 Å². The van der Waals surface area contributed by atoms with Crippen molar-refractivity contribution in [1.29, 1.82) is 0 Å². The fourth-order valence-electron chi connectivity index (χ4n) is 3.50. The first-order chi connectivity index (χ1) is 11.7. The highest BCUT2D eigenvalue weighted by Gasteiger charge is 2.28. The van der Waals surface area contributed by atoms with Crippen molar-refractivity contribution in [3.8, 4) is 0 Å². The fraction of sp³-hybridized carbons (Fsp3) is 0.556. The van der Waals surface area contributed by atoms with E-state index >= 15 is 0 Å². The summed E-state index contributed by atoms with van der Waals surface area (Å²) in [6.45, 7) is 4.29. The zero-order valence-corrected chi connectivity index (χ0v) is 14.9. The maximum atomic E-state index is 12.7. The van der Waals surface area contributed by atoms with Gasteiger partial charge in [-0.3, -0.25) is 9.48 Å². The zero-order chi connectivity index (χ0) is 16.9. The summed E-state index contributed by atoms with van der Waals surface area (Å²) >= 11 is 1.72. The van der Waals surface area contributed by atoms with E-state index in [9.17, 15) is 4.79 Å². The van der Waals surface area contributed by atoms with Gasteiger partial charge in [0, 0.05) is 41.7 Å². The number of hydrogen-bond acceptors (Lipinski definition) is 4. The van der Waals surface area contributed by atoms with Gasteiger partial charge in [0.15, 0.2) is 0 Å². The SMILES string of the molecule is CC(Cc1cccs1)C(=O)N1CCC(c2ccnn2CCO)CC1. The van der Waals surface area contributed by atoms with Gasteiger partial charge >= 0.3 is 0 Å². The topological polar surface area (TPSA) is 58.4 Å². The predicted molar refractivity (Wildman–Crippen MR) is 95.1 cm³/mol. The number of aliphatic hydroxyl groups is 1. The molecule has 0 bridgehead atoms. The molecule has 3 rings (SSSR count). The first-order valence-electron chi connectivity index (χ1n) is 8.62.